The van der Waals surface area contributed by atoms with Gasteiger partial charge in [0.1, 0.15) is 11.3 Å². The van der Waals surface area contributed by atoms with Gasteiger partial charge in [-0.05, 0) is 37.5 Å². The first-order chi connectivity index (χ1) is 18.1. The summed E-state index contributed by atoms with van der Waals surface area (Å²) in [4.78, 5) is 45.5. The molecule has 8 nitrogen and oxygen atoms in total. The fourth-order valence-corrected chi connectivity index (χ4v) is 4.96. The number of hydrogen-bond donors (Lipinski definition) is 1. The highest BCUT2D eigenvalue weighted by molar-refractivity contribution is 6.30. The topological polar surface area (TPSA) is 104 Å². The van der Waals surface area contributed by atoms with Crippen LogP contribution in [0.3, 0.4) is 0 Å². The van der Waals surface area contributed by atoms with Crippen LogP contribution in [0, 0.1) is 11.7 Å². The molecule has 1 N–H and O–H groups in total. The van der Waals surface area contributed by atoms with Gasteiger partial charge in [-0.3, -0.25) is 14.4 Å². The van der Waals surface area contributed by atoms with E-state index in [1.807, 2.05) is 40.7 Å². The summed E-state index contributed by atoms with van der Waals surface area (Å²) in [5.74, 6) is -2.81. The van der Waals surface area contributed by atoms with E-state index in [0.29, 0.717) is 28.9 Å². The third kappa shape index (κ3) is 5.78. The number of carbonyl (C=O) groups is 3. The molecule has 2 amide bonds. The number of carboxylic acid groups (broad SMARTS) is 1. The van der Waals surface area contributed by atoms with E-state index >= 15 is 0 Å². The maximum Gasteiger partial charge on any atom is 0.306 e. The second-order valence-electron chi connectivity index (χ2n) is 11.8. The Kier molecular flexibility index (Phi) is 7.51. The monoisotopic (exact) mass is 557 g/mol. The van der Waals surface area contributed by atoms with Gasteiger partial charge in [0.25, 0.3) is 5.91 Å². The largest absolute Gasteiger partial charge is 0.481 e. The minimum absolute atomic E-state index is 0.0212. The quantitative estimate of drug-likeness (QED) is 0.428. The third-order valence-electron chi connectivity index (χ3n) is 7.12. The molecule has 3 heterocycles. The van der Waals surface area contributed by atoms with Crippen molar-refractivity contribution in [1.82, 2.24) is 14.8 Å². The summed E-state index contributed by atoms with van der Waals surface area (Å²) >= 11 is 5.87. The third-order valence-corrected chi connectivity index (χ3v) is 7.42. The SMILES string of the molecule is CC(CC(=O)N1CCN(C(=O)c2cc3nc(-c4ccc(Cl)c(F)c4)cc(C(C)(C)C)c3o2)C(C)(C)C1)C(=O)O. The Morgan fingerprint density at radius 3 is 2.46 bits per heavy atom. The standard InChI is InChI=1S/C29H33ClFN3O5/c1-16(27(37)38)11-24(35)33-9-10-34(29(5,6)15-33)26(36)23-14-22-25(39-23)18(28(2,3)4)13-21(32-22)17-7-8-19(30)20(31)12-17/h7-8,12-14,16H,9-11,15H2,1-6H3,(H,37,38). The van der Waals surface area contributed by atoms with E-state index in [1.165, 1.54) is 19.1 Å². The summed E-state index contributed by atoms with van der Waals surface area (Å²) in [6.45, 7) is 12.1. The van der Waals surface area contributed by atoms with E-state index in [-0.39, 0.29) is 47.5 Å². The number of nitrogens with zero attached hydrogens (tertiary/aromatic N) is 3. The van der Waals surface area contributed by atoms with Crippen molar-refractivity contribution in [3.63, 3.8) is 0 Å². The van der Waals surface area contributed by atoms with Crippen molar-refractivity contribution in [2.45, 2.75) is 58.9 Å². The van der Waals surface area contributed by atoms with E-state index in [2.05, 4.69) is 4.98 Å². The van der Waals surface area contributed by atoms with E-state index in [9.17, 15) is 18.8 Å². The molecule has 208 valence electrons. The second-order valence-corrected chi connectivity index (χ2v) is 12.2. The van der Waals surface area contributed by atoms with Gasteiger partial charge in [-0.25, -0.2) is 9.37 Å². The number of aromatic nitrogens is 1. The molecule has 0 bridgehead atoms. The molecule has 39 heavy (non-hydrogen) atoms. The highest BCUT2D eigenvalue weighted by Crippen LogP contribution is 2.36. The number of halogens is 2. The lowest BCUT2D eigenvalue weighted by molar-refractivity contribution is -0.146. The van der Waals surface area contributed by atoms with Crippen molar-refractivity contribution in [3.8, 4) is 11.3 Å². The van der Waals surface area contributed by atoms with Crippen molar-refractivity contribution >= 4 is 40.5 Å². The number of hydrogen-bond acceptors (Lipinski definition) is 5. The zero-order chi connectivity index (χ0) is 28.9. The van der Waals surface area contributed by atoms with Gasteiger partial charge in [0.2, 0.25) is 5.91 Å². The number of piperazine rings is 1. The van der Waals surface area contributed by atoms with Gasteiger partial charge in [-0.15, -0.1) is 0 Å². The first-order valence-corrected chi connectivity index (χ1v) is 13.2. The number of benzene rings is 1. The molecule has 1 aromatic carbocycles. The Hall–Kier alpha value is -3.46. The summed E-state index contributed by atoms with van der Waals surface area (Å²) in [6.07, 6.45) is -0.0932. The Labute approximate surface area is 231 Å². The van der Waals surface area contributed by atoms with Crippen molar-refractivity contribution in [1.29, 1.82) is 0 Å². The lowest BCUT2D eigenvalue weighted by atomic mass is 9.86. The summed E-state index contributed by atoms with van der Waals surface area (Å²) in [5, 5.41) is 9.17. The van der Waals surface area contributed by atoms with Crippen molar-refractivity contribution in [2.24, 2.45) is 5.92 Å². The molecule has 1 atom stereocenters. The molecule has 4 rings (SSSR count). The van der Waals surface area contributed by atoms with Crippen LogP contribution < -0.4 is 0 Å². The van der Waals surface area contributed by atoms with Crippen LogP contribution in [-0.2, 0) is 15.0 Å². The summed E-state index contributed by atoms with van der Waals surface area (Å²) in [7, 11) is 0. The van der Waals surface area contributed by atoms with Gasteiger partial charge in [-0.1, -0.05) is 45.4 Å². The van der Waals surface area contributed by atoms with Crippen LogP contribution in [0.15, 0.2) is 34.7 Å². The molecule has 1 aliphatic rings. The smallest absolute Gasteiger partial charge is 0.306 e. The highest BCUT2D eigenvalue weighted by Gasteiger charge is 2.40. The molecule has 1 unspecified atom stereocenters. The molecule has 1 saturated heterocycles. The fraction of sp³-hybridized carbons (Fsp3) is 0.448. The zero-order valence-electron chi connectivity index (χ0n) is 23.0. The van der Waals surface area contributed by atoms with E-state index in [0.717, 1.165) is 5.56 Å². The number of fused-ring (bicyclic) bond motifs is 1. The van der Waals surface area contributed by atoms with Crippen molar-refractivity contribution < 1.29 is 28.3 Å². The fourth-order valence-electron chi connectivity index (χ4n) is 4.84. The maximum atomic E-state index is 14.2. The Morgan fingerprint density at radius 1 is 1.18 bits per heavy atom. The summed E-state index contributed by atoms with van der Waals surface area (Å²) in [6, 6.07) is 7.95. The number of furan rings is 1. The van der Waals surface area contributed by atoms with Gasteiger partial charge in [0, 0.05) is 43.2 Å². The lowest BCUT2D eigenvalue weighted by Crippen LogP contribution is -2.62. The molecule has 2 aromatic heterocycles. The Bertz CT molecular complexity index is 1460. The molecule has 0 aliphatic carbocycles. The molecule has 10 heteroatoms. The maximum absolute atomic E-state index is 14.2. The Morgan fingerprint density at radius 2 is 1.87 bits per heavy atom. The van der Waals surface area contributed by atoms with Gasteiger partial charge in [0.05, 0.1) is 22.2 Å². The molecule has 0 radical (unpaired) electrons. The molecule has 0 saturated carbocycles. The van der Waals surface area contributed by atoms with E-state index in [1.54, 1.807) is 21.9 Å². The molecular formula is C29H33ClFN3O5. The lowest BCUT2D eigenvalue weighted by Gasteiger charge is -2.46. The minimum Gasteiger partial charge on any atom is -0.481 e. The van der Waals surface area contributed by atoms with Crippen LogP contribution in [0.2, 0.25) is 5.02 Å². The summed E-state index contributed by atoms with van der Waals surface area (Å²) < 4.78 is 20.3. The predicted octanol–water partition coefficient (Wildman–Crippen LogP) is 5.76. The molecule has 1 fully saturated rings. The van der Waals surface area contributed by atoms with E-state index in [4.69, 9.17) is 21.1 Å². The van der Waals surface area contributed by atoms with Crippen LogP contribution in [0.5, 0.6) is 0 Å². The van der Waals surface area contributed by atoms with Crippen LogP contribution in [0.25, 0.3) is 22.4 Å². The number of carboxylic acids is 1. The van der Waals surface area contributed by atoms with Crippen molar-refractivity contribution in [3.05, 3.63) is 52.5 Å². The number of amides is 2. The van der Waals surface area contributed by atoms with Crippen molar-refractivity contribution in [2.75, 3.05) is 19.6 Å². The zero-order valence-corrected chi connectivity index (χ0v) is 23.7. The van der Waals surface area contributed by atoms with Gasteiger partial charge in [-0.2, -0.15) is 0 Å². The second kappa shape index (κ2) is 10.3. The average molecular weight is 558 g/mol. The van der Waals surface area contributed by atoms with Gasteiger partial charge in [0.15, 0.2) is 11.3 Å². The molecule has 0 spiro atoms. The first-order valence-electron chi connectivity index (χ1n) is 12.8. The number of pyridine rings is 1. The van der Waals surface area contributed by atoms with Crippen LogP contribution >= 0.6 is 11.6 Å². The molecule has 1 aliphatic heterocycles. The van der Waals surface area contributed by atoms with Crippen LogP contribution in [0.4, 0.5) is 4.39 Å². The highest BCUT2D eigenvalue weighted by atomic mass is 35.5. The van der Waals surface area contributed by atoms with Crippen LogP contribution in [0.1, 0.15) is 64.1 Å². The predicted molar refractivity (Wildman–Crippen MR) is 146 cm³/mol. The molecular weight excluding hydrogens is 525 g/mol. The normalized spacial score (nSPS) is 16.4. The number of carbonyl (C=O) groups excluding carboxylic acids is 2. The molecule has 3 aromatic rings. The summed E-state index contributed by atoms with van der Waals surface area (Å²) in [5.41, 5.74) is 1.78. The number of rotatable bonds is 5. The van der Waals surface area contributed by atoms with Gasteiger partial charge < -0.3 is 19.3 Å². The van der Waals surface area contributed by atoms with Crippen LogP contribution in [-0.4, -0.2) is 62.8 Å². The van der Waals surface area contributed by atoms with E-state index < -0.39 is 23.2 Å². The minimum atomic E-state index is -1.02. The average Bonchev–Trinajstić information content (AvgIpc) is 3.27. The number of aliphatic carboxylic acids is 1. The first kappa shape index (κ1) is 28.5. The van der Waals surface area contributed by atoms with Gasteiger partial charge >= 0.3 is 5.97 Å². The Balaban J connectivity index is 1.65.